The van der Waals surface area contributed by atoms with Gasteiger partial charge >= 0.3 is 0 Å². The standard InChI is InChI=1S/C30H37NO3S/c1-5-6-7-8-9-10-15-27(32)29-28(26-17-16-24-13-11-12-14-25(24)20-26)31(29)35(33,34)30-22(3)18-21(2)19-23(30)4/h11-14,16-20,28-29H,5-10,15H2,1-4H3/t28-,29+,31?/m0/s1. The first-order valence-electron chi connectivity index (χ1n) is 12.9. The summed E-state index contributed by atoms with van der Waals surface area (Å²) in [6, 6.07) is 16.8. The van der Waals surface area contributed by atoms with Crippen LogP contribution in [0.5, 0.6) is 0 Å². The lowest BCUT2D eigenvalue weighted by atomic mass is 10.0. The topological polar surface area (TPSA) is 54.2 Å². The number of ketones is 1. The summed E-state index contributed by atoms with van der Waals surface area (Å²) in [5.41, 5.74) is 3.38. The Morgan fingerprint density at radius 2 is 1.46 bits per heavy atom. The molecule has 5 heteroatoms. The van der Waals surface area contributed by atoms with Crippen LogP contribution in [-0.2, 0) is 14.8 Å². The molecule has 1 heterocycles. The van der Waals surface area contributed by atoms with Gasteiger partial charge in [-0.3, -0.25) is 4.79 Å². The molecule has 1 saturated heterocycles. The van der Waals surface area contributed by atoms with Gasteiger partial charge in [0, 0.05) is 6.42 Å². The van der Waals surface area contributed by atoms with Gasteiger partial charge in [0.05, 0.1) is 10.9 Å². The number of fused-ring (bicyclic) bond motifs is 1. The van der Waals surface area contributed by atoms with Crippen LogP contribution >= 0.6 is 0 Å². The van der Waals surface area contributed by atoms with E-state index in [1.807, 2.05) is 75.4 Å². The number of unbranched alkanes of at least 4 members (excludes halogenated alkanes) is 5. The second kappa shape index (κ2) is 10.6. The first-order chi connectivity index (χ1) is 16.8. The van der Waals surface area contributed by atoms with Gasteiger partial charge < -0.3 is 0 Å². The summed E-state index contributed by atoms with van der Waals surface area (Å²) in [7, 11) is -3.82. The van der Waals surface area contributed by atoms with Crippen molar-refractivity contribution in [3.63, 3.8) is 0 Å². The van der Waals surface area contributed by atoms with Gasteiger partial charge in [-0.1, -0.05) is 93.1 Å². The smallest absolute Gasteiger partial charge is 0.244 e. The molecule has 3 atom stereocenters. The van der Waals surface area contributed by atoms with E-state index in [-0.39, 0.29) is 5.78 Å². The van der Waals surface area contributed by atoms with E-state index in [1.165, 1.54) is 23.6 Å². The Balaban J connectivity index is 1.63. The molecule has 186 valence electrons. The Morgan fingerprint density at radius 1 is 0.829 bits per heavy atom. The van der Waals surface area contributed by atoms with Crippen molar-refractivity contribution in [2.75, 3.05) is 0 Å². The van der Waals surface area contributed by atoms with Crippen molar-refractivity contribution in [1.29, 1.82) is 0 Å². The number of hydrogen-bond acceptors (Lipinski definition) is 3. The van der Waals surface area contributed by atoms with Gasteiger partial charge in [0.25, 0.3) is 0 Å². The number of rotatable bonds is 11. The predicted octanol–water partition coefficient (Wildman–Crippen LogP) is 7.20. The fraction of sp³-hybridized carbons (Fsp3) is 0.433. The minimum absolute atomic E-state index is 0.0321. The van der Waals surface area contributed by atoms with Gasteiger partial charge in [-0.25, -0.2) is 8.42 Å². The molecule has 35 heavy (non-hydrogen) atoms. The highest BCUT2D eigenvalue weighted by molar-refractivity contribution is 7.89. The van der Waals surface area contributed by atoms with E-state index < -0.39 is 22.1 Å². The first-order valence-corrected chi connectivity index (χ1v) is 14.3. The molecule has 0 radical (unpaired) electrons. The van der Waals surface area contributed by atoms with Crippen LogP contribution in [0.4, 0.5) is 0 Å². The molecule has 1 unspecified atom stereocenters. The Hall–Kier alpha value is -2.50. The minimum Gasteiger partial charge on any atom is -0.298 e. The number of sulfonamides is 1. The fourth-order valence-corrected chi connectivity index (χ4v) is 7.61. The zero-order chi connectivity index (χ0) is 25.2. The summed E-state index contributed by atoms with van der Waals surface area (Å²) in [5.74, 6) is 0.0321. The van der Waals surface area contributed by atoms with Gasteiger partial charge in [-0.2, -0.15) is 4.31 Å². The van der Waals surface area contributed by atoms with Crippen molar-refractivity contribution in [2.45, 2.75) is 89.6 Å². The van der Waals surface area contributed by atoms with Crippen molar-refractivity contribution in [3.8, 4) is 0 Å². The van der Waals surface area contributed by atoms with Crippen LogP contribution in [-0.4, -0.2) is 24.5 Å². The van der Waals surface area contributed by atoms with Crippen molar-refractivity contribution < 1.29 is 13.2 Å². The maximum atomic E-state index is 13.9. The number of benzene rings is 3. The Morgan fingerprint density at radius 3 is 2.14 bits per heavy atom. The summed E-state index contributed by atoms with van der Waals surface area (Å²) in [6.45, 7) is 7.84. The lowest BCUT2D eigenvalue weighted by molar-refractivity contribution is -0.119. The number of carbonyl (C=O) groups is 1. The number of aryl methyl sites for hydroxylation is 3. The molecule has 0 N–H and O–H groups in total. The average Bonchev–Trinajstić information content (AvgIpc) is 3.57. The molecule has 0 bridgehead atoms. The number of carbonyl (C=O) groups excluding carboxylic acids is 1. The normalized spacial score (nSPS) is 19.7. The molecular formula is C30H37NO3S. The number of Topliss-reactive ketones (excluding diaryl/α,β-unsaturated/α-hetero) is 1. The third-order valence-electron chi connectivity index (χ3n) is 7.12. The van der Waals surface area contributed by atoms with Crippen LogP contribution in [0.2, 0.25) is 0 Å². The van der Waals surface area contributed by atoms with Crippen molar-refractivity contribution in [1.82, 2.24) is 4.31 Å². The molecule has 0 amide bonds. The SMILES string of the molecule is CCCCCCCCC(=O)[C@@H]1[C@H](c2ccc3ccccc3c2)N1S(=O)(=O)c1c(C)cc(C)cc1C. The van der Waals surface area contributed by atoms with E-state index in [4.69, 9.17) is 0 Å². The molecule has 0 spiro atoms. The van der Waals surface area contributed by atoms with Gasteiger partial charge in [0.2, 0.25) is 10.0 Å². The second-order valence-electron chi connectivity index (χ2n) is 10.0. The average molecular weight is 492 g/mol. The van der Waals surface area contributed by atoms with E-state index in [1.54, 1.807) is 0 Å². The first kappa shape index (κ1) is 25.6. The molecule has 3 aromatic carbocycles. The Kier molecular flexibility index (Phi) is 7.77. The molecule has 1 aliphatic heterocycles. The minimum atomic E-state index is -3.82. The summed E-state index contributed by atoms with van der Waals surface area (Å²) in [6.07, 6.45) is 7.01. The van der Waals surface area contributed by atoms with Crippen LogP contribution in [0.25, 0.3) is 10.8 Å². The number of nitrogens with zero attached hydrogens (tertiary/aromatic N) is 1. The summed E-state index contributed by atoms with van der Waals surface area (Å²) >= 11 is 0. The zero-order valence-electron chi connectivity index (χ0n) is 21.4. The highest BCUT2D eigenvalue weighted by atomic mass is 32.2. The van der Waals surface area contributed by atoms with E-state index in [9.17, 15) is 13.2 Å². The summed E-state index contributed by atoms with van der Waals surface area (Å²) in [5, 5.41) is 2.16. The fourth-order valence-electron chi connectivity index (χ4n) is 5.46. The molecule has 4 rings (SSSR count). The second-order valence-corrected chi connectivity index (χ2v) is 11.8. The van der Waals surface area contributed by atoms with Crippen molar-refractivity contribution >= 4 is 26.6 Å². The third kappa shape index (κ3) is 5.36. The van der Waals surface area contributed by atoms with Crippen LogP contribution in [0, 0.1) is 20.8 Å². The van der Waals surface area contributed by atoms with Crippen molar-refractivity contribution in [3.05, 3.63) is 76.9 Å². The Labute approximate surface area is 210 Å². The molecule has 0 aliphatic carbocycles. The monoisotopic (exact) mass is 491 g/mol. The summed E-state index contributed by atoms with van der Waals surface area (Å²) in [4.78, 5) is 13.7. The molecule has 0 aromatic heterocycles. The van der Waals surface area contributed by atoms with Gasteiger partial charge in [-0.15, -0.1) is 0 Å². The lowest BCUT2D eigenvalue weighted by Gasteiger charge is -2.14. The molecule has 3 aromatic rings. The van der Waals surface area contributed by atoms with Crippen LogP contribution in [0.3, 0.4) is 0 Å². The lowest BCUT2D eigenvalue weighted by Crippen LogP contribution is -2.21. The van der Waals surface area contributed by atoms with E-state index in [0.29, 0.717) is 11.3 Å². The predicted molar refractivity (Wildman–Crippen MR) is 143 cm³/mol. The van der Waals surface area contributed by atoms with E-state index in [2.05, 4.69) is 6.92 Å². The van der Waals surface area contributed by atoms with Gasteiger partial charge in [0.1, 0.15) is 6.04 Å². The quantitative estimate of drug-likeness (QED) is 0.210. The third-order valence-corrected chi connectivity index (χ3v) is 9.29. The Bertz CT molecular complexity index is 1310. The van der Waals surface area contributed by atoms with Crippen LogP contribution in [0.15, 0.2) is 59.5 Å². The molecule has 1 aliphatic rings. The highest BCUT2D eigenvalue weighted by Crippen LogP contribution is 2.50. The molecule has 1 fully saturated rings. The molecular weight excluding hydrogens is 454 g/mol. The largest absolute Gasteiger partial charge is 0.298 e. The maximum absolute atomic E-state index is 13.9. The van der Waals surface area contributed by atoms with Gasteiger partial charge in [-0.05, 0) is 60.7 Å². The molecule has 0 saturated carbocycles. The van der Waals surface area contributed by atoms with Gasteiger partial charge in [0.15, 0.2) is 5.78 Å². The van der Waals surface area contributed by atoms with E-state index >= 15 is 0 Å². The molecule has 4 nitrogen and oxygen atoms in total. The van der Waals surface area contributed by atoms with E-state index in [0.717, 1.165) is 52.3 Å². The van der Waals surface area contributed by atoms with Crippen molar-refractivity contribution in [2.24, 2.45) is 0 Å². The maximum Gasteiger partial charge on any atom is 0.244 e. The highest BCUT2D eigenvalue weighted by Gasteiger charge is 2.60. The summed E-state index contributed by atoms with van der Waals surface area (Å²) < 4.78 is 29.3. The number of hydrogen-bond donors (Lipinski definition) is 0. The van der Waals surface area contributed by atoms with Crippen LogP contribution < -0.4 is 0 Å². The zero-order valence-corrected chi connectivity index (χ0v) is 22.2. The van der Waals surface area contributed by atoms with Crippen LogP contribution in [0.1, 0.15) is 80.2 Å².